The van der Waals surface area contributed by atoms with E-state index in [0.717, 1.165) is 10.0 Å². The van der Waals surface area contributed by atoms with E-state index < -0.39 is 6.04 Å². The van der Waals surface area contributed by atoms with Crippen molar-refractivity contribution in [2.75, 3.05) is 0 Å². The van der Waals surface area contributed by atoms with Gasteiger partial charge in [-0.05, 0) is 35.7 Å². The molecule has 2 nitrogen and oxygen atoms in total. The molecular weight excluding hydrogens is 321 g/mol. The van der Waals surface area contributed by atoms with E-state index in [1.807, 2.05) is 30.3 Å². The highest BCUT2D eigenvalue weighted by atomic mass is 79.9. The number of carbonyl (C=O) groups excluding carboxylic acids is 1. The summed E-state index contributed by atoms with van der Waals surface area (Å²) in [7, 11) is 0. The standard InChI is InChI=1S/C16H15BrFNO/c17-14-7-6-13(18)9-12(14)10-16(20)15(19)8-11-4-2-1-3-5-11/h1-7,9,15H,8,10,19H2. The lowest BCUT2D eigenvalue weighted by Crippen LogP contribution is -2.34. The molecule has 4 heteroatoms. The van der Waals surface area contributed by atoms with Gasteiger partial charge in [-0.25, -0.2) is 4.39 Å². The summed E-state index contributed by atoms with van der Waals surface area (Å²) in [5, 5.41) is 0. The summed E-state index contributed by atoms with van der Waals surface area (Å²) < 4.78 is 13.9. The van der Waals surface area contributed by atoms with Gasteiger partial charge in [0.05, 0.1) is 6.04 Å². The normalized spacial score (nSPS) is 12.2. The zero-order valence-corrected chi connectivity index (χ0v) is 12.4. The number of rotatable bonds is 5. The van der Waals surface area contributed by atoms with Crippen molar-refractivity contribution in [3.63, 3.8) is 0 Å². The number of nitrogens with two attached hydrogens (primary N) is 1. The molecule has 0 bridgehead atoms. The van der Waals surface area contributed by atoms with Crippen LogP contribution in [0.5, 0.6) is 0 Å². The van der Waals surface area contributed by atoms with Crippen molar-refractivity contribution in [3.05, 3.63) is 69.9 Å². The first kappa shape index (κ1) is 14.9. The molecule has 2 N–H and O–H groups in total. The van der Waals surface area contributed by atoms with Crippen molar-refractivity contribution < 1.29 is 9.18 Å². The van der Waals surface area contributed by atoms with Gasteiger partial charge in [0.15, 0.2) is 5.78 Å². The Labute approximate surface area is 125 Å². The fourth-order valence-corrected chi connectivity index (χ4v) is 2.37. The van der Waals surface area contributed by atoms with Gasteiger partial charge < -0.3 is 5.73 Å². The van der Waals surface area contributed by atoms with E-state index in [1.54, 1.807) is 6.07 Å². The van der Waals surface area contributed by atoms with Gasteiger partial charge in [0.2, 0.25) is 0 Å². The monoisotopic (exact) mass is 335 g/mol. The van der Waals surface area contributed by atoms with Crippen molar-refractivity contribution in [2.45, 2.75) is 18.9 Å². The second-order valence-corrected chi connectivity index (χ2v) is 5.53. The minimum Gasteiger partial charge on any atom is -0.321 e. The number of ketones is 1. The lowest BCUT2D eigenvalue weighted by atomic mass is 9.98. The van der Waals surface area contributed by atoms with E-state index in [9.17, 15) is 9.18 Å². The molecule has 0 aliphatic rings. The van der Waals surface area contributed by atoms with Gasteiger partial charge in [0.25, 0.3) is 0 Å². The maximum atomic E-state index is 13.2. The predicted octanol–water partition coefficient (Wildman–Crippen LogP) is 3.27. The van der Waals surface area contributed by atoms with E-state index in [2.05, 4.69) is 15.9 Å². The Balaban J connectivity index is 2.02. The number of hydrogen-bond donors (Lipinski definition) is 1. The molecule has 0 saturated heterocycles. The summed E-state index contributed by atoms with van der Waals surface area (Å²) in [4.78, 5) is 12.1. The van der Waals surface area contributed by atoms with E-state index in [-0.39, 0.29) is 18.0 Å². The largest absolute Gasteiger partial charge is 0.321 e. The molecule has 0 amide bonds. The van der Waals surface area contributed by atoms with Crippen LogP contribution in [0.25, 0.3) is 0 Å². The summed E-state index contributed by atoms with van der Waals surface area (Å²) in [5.74, 6) is -0.451. The maximum Gasteiger partial charge on any atom is 0.154 e. The average molecular weight is 336 g/mol. The smallest absolute Gasteiger partial charge is 0.154 e. The molecule has 0 spiro atoms. The zero-order chi connectivity index (χ0) is 14.5. The van der Waals surface area contributed by atoms with Crippen molar-refractivity contribution in [2.24, 2.45) is 5.73 Å². The number of carbonyl (C=O) groups is 1. The molecule has 0 radical (unpaired) electrons. The van der Waals surface area contributed by atoms with Crippen LogP contribution in [0.4, 0.5) is 4.39 Å². The van der Waals surface area contributed by atoms with Crippen LogP contribution in [0.2, 0.25) is 0 Å². The second kappa shape index (κ2) is 6.77. The van der Waals surface area contributed by atoms with E-state index in [4.69, 9.17) is 5.73 Å². The highest BCUT2D eigenvalue weighted by Crippen LogP contribution is 2.19. The molecule has 2 rings (SSSR count). The highest BCUT2D eigenvalue weighted by Gasteiger charge is 2.16. The third kappa shape index (κ3) is 3.99. The van der Waals surface area contributed by atoms with E-state index in [1.165, 1.54) is 12.1 Å². The van der Waals surface area contributed by atoms with Crippen LogP contribution >= 0.6 is 15.9 Å². The minimum absolute atomic E-state index is 0.0971. The van der Waals surface area contributed by atoms with Gasteiger partial charge in [0, 0.05) is 10.9 Å². The Morgan fingerprint density at radius 1 is 1.20 bits per heavy atom. The summed E-state index contributed by atoms with van der Waals surface area (Å²) >= 11 is 3.32. The Hall–Kier alpha value is -1.52. The van der Waals surface area contributed by atoms with Crippen LogP contribution in [0.15, 0.2) is 53.0 Å². The molecule has 2 aromatic rings. The SMILES string of the molecule is NC(Cc1ccccc1)C(=O)Cc1cc(F)ccc1Br. The number of benzene rings is 2. The van der Waals surface area contributed by atoms with Gasteiger partial charge in [0.1, 0.15) is 5.82 Å². The van der Waals surface area contributed by atoms with Crippen LogP contribution in [-0.2, 0) is 17.6 Å². The third-order valence-electron chi connectivity index (χ3n) is 3.08. The molecule has 1 atom stereocenters. The summed E-state index contributed by atoms with van der Waals surface area (Å²) in [6, 6.07) is 13.3. The van der Waals surface area contributed by atoms with Crippen molar-refractivity contribution in [1.82, 2.24) is 0 Å². The van der Waals surface area contributed by atoms with Gasteiger partial charge in [-0.2, -0.15) is 0 Å². The highest BCUT2D eigenvalue weighted by molar-refractivity contribution is 9.10. The fourth-order valence-electron chi connectivity index (χ4n) is 1.98. The first-order valence-electron chi connectivity index (χ1n) is 6.32. The lowest BCUT2D eigenvalue weighted by molar-refractivity contribution is -0.119. The molecule has 2 aromatic carbocycles. The Bertz CT molecular complexity index is 601. The Morgan fingerprint density at radius 2 is 1.90 bits per heavy atom. The molecule has 104 valence electrons. The maximum absolute atomic E-state index is 13.2. The first-order chi connectivity index (χ1) is 9.56. The fraction of sp³-hybridized carbons (Fsp3) is 0.188. The van der Waals surface area contributed by atoms with Crippen LogP contribution in [0.3, 0.4) is 0 Å². The number of hydrogen-bond acceptors (Lipinski definition) is 2. The second-order valence-electron chi connectivity index (χ2n) is 4.68. The molecule has 0 saturated carbocycles. The summed E-state index contributed by atoms with van der Waals surface area (Å²) in [6.07, 6.45) is 0.624. The molecule has 20 heavy (non-hydrogen) atoms. The third-order valence-corrected chi connectivity index (χ3v) is 3.86. The molecule has 0 aromatic heterocycles. The summed E-state index contributed by atoms with van der Waals surface area (Å²) in [5.41, 5.74) is 7.57. The molecular formula is C16H15BrFNO. The number of halogens is 2. The van der Waals surface area contributed by atoms with Crippen LogP contribution in [-0.4, -0.2) is 11.8 Å². The number of Topliss-reactive ketones (excluding diaryl/α,β-unsaturated/α-hetero) is 1. The van der Waals surface area contributed by atoms with E-state index >= 15 is 0 Å². The van der Waals surface area contributed by atoms with Gasteiger partial charge in [-0.3, -0.25) is 4.79 Å². The molecule has 1 unspecified atom stereocenters. The van der Waals surface area contributed by atoms with Gasteiger partial charge in [-0.15, -0.1) is 0 Å². The topological polar surface area (TPSA) is 43.1 Å². The van der Waals surface area contributed by atoms with Gasteiger partial charge in [-0.1, -0.05) is 46.3 Å². The van der Waals surface area contributed by atoms with Crippen LogP contribution in [0.1, 0.15) is 11.1 Å². The summed E-state index contributed by atoms with van der Waals surface area (Å²) in [6.45, 7) is 0. The van der Waals surface area contributed by atoms with Crippen molar-refractivity contribution in [3.8, 4) is 0 Å². The molecule has 0 heterocycles. The predicted molar refractivity (Wildman–Crippen MR) is 80.9 cm³/mol. The first-order valence-corrected chi connectivity index (χ1v) is 7.11. The molecule has 0 aliphatic carbocycles. The Kier molecular flexibility index (Phi) is 5.04. The quantitative estimate of drug-likeness (QED) is 0.911. The molecule has 0 fully saturated rings. The van der Waals surface area contributed by atoms with Gasteiger partial charge >= 0.3 is 0 Å². The molecule has 0 aliphatic heterocycles. The lowest BCUT2D eigenvalue weighted by Gasteiger charge is -2.11. The van der Waals surface area contributed by atoms with Crippen LogP contribution < -0.4 is 5.73 Å². The van der Waals surface area contributed by atoms with E-state index in [0.29, 0.717) is 12.0 Å². The zero-order valence-electron chi connectivity index (χ0n) is 10.9. The average Bonchev–Trinajstić information content (AvgIpc) is 2.44. The van der Waals surface area contributed by atoms with Crippen molar-refractivity contribution >= 4 is 21.7 Å². The van der Waals surface area contributed by atoms with Crippen LogP contribution in [0, 0.1) is 5.82 Å². The Morgan fingerprint density at radius 3 is 2.60 bits per heavy atom. The minimum atomic E-state index is -0.576. The van der Waals surface area contributed by atoms with Crippen molar-refractivity contribution in [1.29, 1.82) is 0 Å².